The molecule has 0 radical (unpaired) electrons. The Morgan fingerprint density at radius 1 is 1.25 bits per heavy atom. The van der Waals surface area contributed by atoms with E-state index >= 15 is 0 Å². The van der Waals surface area contributed by atoms with Crippen molar-refractivity contribution >= 4 is 11.8 Å². The Morgan fingerprint density at radius 2 is 2.11 bits per heavy atom. The average Bonchev–Trinajstić information content (AvgIpc) is 3.24. The summed E-state index contributed by atoms with van der Waals surface area (Å²) in [4.78, 5) is 2.29. The van der Waals surface area contributed by atoms with E-state index in [0.717, 1.165) is 55.4 Å². The van der Waals surface area contributed by atoms with E-state index in [-0.39, 0.29) is 6.61 Å². The van der Waals surface area contributed by atoms with E-state index < -0.39 is 6.10 Å². The van der Waals surface area contributed by atoms with E-state index in [2.05, 4.69) is 10.2 Å². The fourth-order valence-electron chi connectivity index (χ4n) is 3.16. The van der Waals surface area contributed by atoms with Gasteiger partial charge in [-0.15, -0.1) is 0 Å². The van der Waals surface area contributed by atoms with Crippen molar-refractivity contribution in [3.63, 3.8) is 0 Å². The van der Waals surface area contributed by atoms with Crippen LogP contribution in [0.4, 0.5) is 0 Å². The number of nitrogens with zero attached hydrogens (tertiary/aromatic N) is 1. The lowest BCUT2D eigenvalue weighted by atomic mass is 10.2. The molecule has 6 nitrogen and oxygen atoms in total. The molecular formula is C21H30N2O4S. The van der Waals surface area contributed by atoms with Gasteiger partial charge in [0.1, 0.15) is 18.5 Å². The summed E-state index contributed by atoms with van der Waals surface area (Å²) in [6.07, 6.45) is 2.05. The monoisotopic (exact) mass is 406 g/mol. The van der Waals surface area contributed by atoms with Crippen LogP contribution in [-0.2, 0) is 13.0 Å². The highest BCUT2D eigenvalue weighted by molar-refractivity contribution is 7.99. The van der Waals surface area contributed by atoms with Crippen molar-refractivity contribution in [1.29, 1.82) is 0 Å². The van der Waals surface area contributed by atoms with Crippen LogP contribution in [0.5, 0.6) is 11.5 Å². The number of ether oxygens (including phenoxy) is 2. The van der Waals surface area contributed by atoms with Gasteiger partial charge < -0.3 is 24.3 Å². The van der Waals surface area contributed by atoms with Gasteiger partial charge in [-0.1, -0.05) is 6.07 Å². The second kappa shape index (κ2) is 11.4. The van der Waals surface area contributed by atoms with E-state index in [1.807, 2.05) is 42.1 Å². The average molecular weight is 407 g/mol. The summed E-state index contributed by atoms with van der Waals surface area (Å²) in [5.41, 5.74) is 1.12. The predicted molar refractivity (Wildman–Crippen MR) is 112 cm³/mol. The number of methoxy groups -OCH3 is 1. The molecule has 0 unspecified atom stereocenters. The molecule has 1 aromatic heterocycles. The molecule has 154 valence electrons. The molecule has 2 heterocycles. The first-order chi connectivity index (χ1) is 13.7. The van der Waals surface area contributed by atoms with Gasteiger partial charge in [-0.3, -0.25) is 4.90 Å². The van der Waals surface area contributed by atoms with Crippen LogP contribution in [0.1, 0.15) is 11.3 Å². The van der Waals surface area contributed by atoms with E-state index in [4.69, 9.17) is 13.9 Å². The lowest BCUT2D eigenvalue weighted by Crippen LogP contribution is -2.40. The largest absolute Gasteiger partial charge is 0.493 e. The van der Waals surface area contributed by atoms with Crippen LogP contribution in [0.25, 0.3) is 0 Å². The van der Waals surface area contributed by atoms with Crippen molar-refractivity contribution in [2.75, 3.05) is 51.4 Å². The van der Waals surface area contributed by atoms with Crippen molar-refractivity contribution in [2.24, 2.45) is 0 Å². The van der Waals surface area contributed by atoms with Gasteiger partial charge in [-0.2, -0.15) is 11.8 Å². The predicted octanol–water partition coefficient (Wildman–Crippen LogP) is 2.41. The van der Waals surface area contributed by atoms with Crippen LogP contribution in [-0.4, -0.2) is 67.5 Å². The number of aliphatic hydroxyl groups excluding tert-OH is 1. The number of furan rings is 1. The van der Waals surface area contributed by atoms with Gasteiger partial charge in [-0.05, 0) is 29.8 Å². The number of hydrogen-bond acceptors (Lipinski definition) is 7. The summed E-state index contributed by atoms with van der Waals surface area (Å²) < 4.78 is 16.6. The maximum atomic E-state index is 10.3. The Bertz CT molecular complexity index is 690. The maximum absolute atomic E-state index is 10.3. The summed E-state index contributed by atoms with van der Waals surface area (Å²) in [6, 6.07) is 9.79. The van der Waals surface area contributed by atoms with E-state index in [1.165, 1.54) is 0 Å². The zero-order valence-electron chi connectivity index (χ0n) is 16.4. The van der Waals surface area contributed by atoms with Crippen molar-refractivity contribution in [2.45, 2.75) is 19.1 Å². The quantitative estimate of drug-likeness (QED) is 0.556. The summed E-state index contributed by atoms with van der Waals surface area (Å²) in [5.74, 6) is 4.61. The second-order valence-electron chi connectivity index (χ2n) is 6.87. The molecule has 0 amide bonds. The molecule has 3 rings (SSSR count). The highest BCUT2D eigenvalue weighted by Crippen LogP contribution is 2.28. The normalized spacial score (nSPS) is 16.1. The zero-order valence-corrected chi connectivity index (χ0v) is 17.2. The van der Waals surface area contributed by atoms with E-state index in [1.54, 1.807) is 13.4 Å². The number of thioether (sulfide) groups is 1. The number of β-amino-alcohol motifs (C(OH)–C–C–N with tert-alkyl or cyclic N) is 1. The minimum Gasteiger partial charge on any atom is -0.493 e. The molecular weight excluding hydrogens is 376 g/mol. The first-order valence-corrected chi connectivity index (χ1v) is 10.9. The van der Waals surface area contributed by atoms with Crippen LogP contribution in [0.15, 0.2) is 41.0 Å². The van der Waals surface area contributed by atoms with Crippen molar-refractivity contribution < 1.29 is 19.0 Å². The standard InChI is InChI=1S/C21H30N2O4S/c1-25-21-13-17(14-22-7-6-19-3-2-10-26-19)4-5-20(21)27-16-18(24)15-23-8-11-28-12-9-23/h2-5,10,13,18,22,24H,6-9,11-12,14-16H2,1H3/t18-/m1/s1. The molecule has 0 saturated carbocycles. The summed E-state index contributed by atoms with van der Waals surface area (Å²) in [5, 5.41) is 13.7. The molecule has 0 aliphatic carbocycles. The van der Waals surface area contributed by atoms with Gasteiger partial charge in [0.15, 0.2) is 11.5 Å². The van der Waals surface area contributed by atoms with Crippen LogP contribution < -0.4 is 14.8 Å². The Hall–Kier alpha value is -1.67. The Balaban J connectivity index is 1.42. The third kappa shape index (κ3) is 6.74. The summed E-state index contributed by atoms with van der Waals surface area (Å²) >= 11 is 1.97. The minimum absolute atomic E-state index is 0.265. The van der Waals surface area contributed by atoms with Gasteiger partial charge in [0.2, 0.25) is 0 Å². The highest BCUT2D eigenvalue weighted by Gasteiger charge is 2.16. The third-order valence-electron chi connectivity index (χ3n) is 4.69. The number of rotatable bonds is 11. The van der Waals surface area contributed by atoms with Gasteiger partial charge in [0.25, 0.3) is 0 Å². The second-order valence-corrected chi connectivity index (χ2v) is 8.09. The molecule has 2 aromatic rings. The van der Waals surface area contributed by atoms with Crippen molar-refractivity contribution in [1.82, 2.24) is 10.2 Å². The zero-order chi connectivity index (χ0) is 19.6. The van der Waals surface area contributed by atoms with Gasteiger partial charge in [0, 0.05) is 50.7 Å². The lowest BCUT2D eigenvalue weighted by Gasteiger charge is -2.28. The number of nitrogens with one attached hydrogen (secondary N) is 1. The number of aliphatic hydroxyl groups is 1. The molecule has 1 aromatic carbocycles. The molecule has 2 N–H and O–H groups in total. The number of benzene rings is 1. The number of hydrogen-bond donors (Lipinski definition) is 2. The molecule has 1 aliphatic heterocycles. The third-order valence-corrected chi connectivity index (χ3v) is 5.63. The molecule has 1 atom stereocenters. The Morgan fingerprint density at radius 3 is 2.86 bits per heavy atom. The molecule has 28 heavy (non-hydrogen) atoms. The van der Waals surface area contributed by atoms with Crippen LogP contribution >= 0.6 is 11.8 Å². The highest BCUT2D eigenvalue weighted by atomic mass is 32.2. The van der Waals surface area contributed by atoms with Crippen LogP contribution in [0.3, 0.4) is 0 Å². The molecule has 7 heteroatoms. The van der Waals surface area contributed by atoms with Crippen molar-refractivity contribution in [3.05, 3.63) is 47.9 Å². The Kier molecular flexibility index (Phi) is 8.54. The summed E-state index contributed by atoms with van der Waals surface area (Å²) in [7, 11) is 1.64. The van der Waals surface area contributed by atoms with E-state index in [9.17, 15) is 5.11 Å². The summed E-state index contributed by atoms with van der Waals surface area (Å²) in [6.45, 7) is 4.57. The fraction of sp³-hybridized carbons (Fsp3) is 0.524. The lowest BCUT2D eigenvalue weighted by molar-refractivity contribution is 0.0705. The first-order valence-electron chi connectivity index (χ1n) is 9.75. The maximum Gasteiger partial charge on any atom is 0.161 e. The SMILES string of the molecule is COc1cc(CNCCc2ccco2)ccc1OC[C@H](O)CN1CCSCC1. The Labute approximate surface area is 171 Å². The van der Waals surface area contributed by atoms with Crippen molar-refractivity contribution in [3.8, 4) is 11.5 Å². The van der Waals surface area contributed by atoms with Gasteiger partial charge in [0.05, 0.1) is 13.4 Å². The minimum atomic E-state index is -0.504. The molecule has 0 bridgehead atoms. The van der Waals surface area contributed by atoms with Gasteiger partial charge >= 0.3 is 0 Å². The topological polar surface area (TPSA) is 67.1 Å². The first kappa shape index (κ1) is 21.0. The van der Waals surface area contributed by atoms with E-state index in [0.29, 0.717) is 18.0 Å². The van der Waals surface area contributed by atoms with Crippen LogP contribution in [0.2, 0.25) is 0 Å². The van der Waals surface area contributed by atoms with Gasteiger partial charge in [-0.25, -0.2) is 0 Å². The molecule has 0 spiro atoms. The molecule has 1 fully saturated rings. The fourth-order valence-corrected chi connectivity index (χ4v) is 4.14. The van der Waals surface area contributed by atoms with Crippen LogP contribution in [0, 0.1) is 0 Å². The smallest absolute Gasteiger partial charge is 0.161 e. The molecule has 1 aliphatic rings. The molecule has 1 saturated heterocycles.